The number of nitrogens with zero attached hydrogens (tertiary/aromatic N) is 1. The monoisotopic (exact) mass is 441 g/mol. The molecular weight excluding hydrogens is 425 g/mol. The average Bonchev–Trinajstić information content (AvgIpc) is 2.96. The van der Waals surface area contributed by atoms with Crippen molar-refractivity contribution < 1.29 is 36.3 Å². The van der Waals surface area contributed by atoms with Crippen molar-refractivity contribution in [2.45, 2.75) is 44.2 Å². The van der Waals surface area contributed by atoms with Crippen LogP contribution in [0.25, 0.3) is 0 Å². The van der Waals surface area contributed by atoms with Crippen LogP contribution >= 0.6 is 0 Å². The number of fused-ring (bicyclic) bond motifs is 2. The Morgan fingerprint density at radius 3 is 2.71 bits per heavy atom. The van der Waals surface area contributed by atoms with Gasteiger partial charge in [-0.2, -0.15) is 13.2 Å². The predicted octanol–water partition coefficient (Wildman–Crippen LogP) is 3.35. The van der Waals surface area contributed by atoms with E-state index in [2.05, 4.69) is 15.6 Å². The molecule has 1 aromatic heterocycles. The molecule has 2 amide bonds. The number of hydrogen-bond donors (Lipinski definition) is 2. The summed E-state index contributed by atoms with van der Waals surface area (Å²) < 4.78 is 72.7. The number of carbonyl (C=O) groups is 2. The second kappa shape index (κ2) is 7.26. The highest BCUT2D eigenvalue weighted by Gasteiger charge is 2.57. The van der Waals surface area contributed by atoms with Crippen molar-refractivity contribution in [1.82, 2.24) is 10.3 Å². The van der Waals surface area contributed by atoms with E-state index < -0.39 is 41.3 Å². The summed E-state index contributed by atoms with van der Waals surface area (Å²) in [6, 6.07) is 1.58. The molecule has 164 valence electrons. The largest absolute Gasteiger partial charge is 0.421 e. The Morgan fingerprint density at radius 2 is 2.00 bits per heavy atom. The molecule has 2 aliphatic heterocycles. The number of benzene rings is 1. The van der Waals surface area contributed by atoms with Crippen LogP contribution in [0, 0.1) is 11.6 Å². The predicted molar refractivity (Wildman–Crippen MR) is 97.0 cm³/mol. The zero-order chi connectivity index (χ0) is 22.6. The summed E-state index contributed by atoms with van der Waals surface area (Å²) in [5, 5.41) is 4.71. The quantitative estimate of drug-likeness (QED) is 0.701. The number of aryl methyl sites for hydroxylation is 1. The molecule has 0 aliphatic carbocycles. The van der Waals surface area contributed by atoms with E-state index in [9.17, 15) is 31.5 Å². The molecule has 0 unspecified atom stereocenters. The van der Waals surface area contributed by atoms with Crippen molar-refractivity contribution in [3.8, 4) is 0 Å². The first-order valence-electron chi connectivity index (χ1n) is 9.29. The fraction of sp³-hybridized carbons (Fsp3) is 0.350. The first-order valence-corrected chi connectivity index (χ1v) is 9.29. The van der Waals surface area contributed by atoms with Crippen molar-refractivity contribution in [2.24, 2.45) is 0 Å². The maximum atomic E-state index is 14.0. The number of aromatic nitrogens is 1. The highest BCUT2D eigenvalue weighted by Crippen LogP contribution is 2.47. The van der Waals surface area contributed by atoms with E-state index in [0.717, 1.165) is 25.3 Å². The summed E-state index contributed by atoms with van der Waals surface area (Å²) in [6.07, 6.45) is -3.46. The van der Waals surface area contributed by atoms with Crippen LogP contribution in [0.4, 0.5) is 27.6 Å². The van der Waals surface area contributed by atoms with Gasteiger partial charge in [-0.3, -0.25) is 14.6 Å². The third kappa shape index (κ3) is 3.62. The zero-order valence-corrected chi connectivity index (χ0v) is 16.1. The highest BCUT2D eigenvalue weighted by molar-refractivity contribution is 6.01. The number of anilines is 1. The lowest BCUT2D eigenvalue weighted by atomic mass is 9.94. The van der Waals surface area contributed by atoms with Gasteiger partial charge in [-0.1, -0.05) is 0 Å². The fourth-order valence-electron chi connectivity index (χ4n) is 3.68. The fourth-order valence-corrected chi connectivity index (χ4v) is 3.68. The lowest BCUT2D eigenvalue weighted by molar-refractivity contribution is -0.272. The Hall–Kier alpha value is -3.08. The van der Waals surface area contributed by atoms with E-state index in [0.29, 0.717) is 6.07 Å². The topological polar surface area (TPSA) is 80.3 Å². The number of amides is 2. The maximum absolute atomic E-state index is 14.0. The molecule has 6 nitrogen and oxygen atoms in total. The average molecular weight is 441 g/mol. The molecule has 2 atom stereocenters. The molecule has 11 heteroatoms. The molecule has 0 bridgehead atoms. The molecule has 0 saturated heterocycles. The molecule has 2 aliphatic rings. The van der Waals surface area contributed by atoms with Crippen LogP contribution < -0.4 is 10.6 Å². The first-order chi connectivity index (χ1) is 14.5. The third-order valence-corrected chi connectivity index (χ3v) is 5.50. The van der Waals surface area contributed by atoms with Gasteiger partial charge in [0.05, 0.1) is 12.3 Å². The van der Waals surface area contributed by atoms with Gasteiger partial charge in [-0.15, -0.1) is 0 Å². The number of halogens is 5. The lowest BCUT2D eigenvalue weighted by Gasteiger charge is -2.27. The van der Waals surface area contributed by atoms with Crippen molar-refractivity contribution in [1.29, 1.82) is 0 Å². The summed E-state index contributed by atoms with van der Waals surface area (Å²) in [5.41, 5.74) is -2.87. The van der Waals surface area contributed by atoms with Gasteiger partial charge in [-0.25, -0.2) is 8.78 Å². The molecule has 31 heavy (non-hydrogen) atoms. The zero-order valence-electron chi connectivity index (χ0n) is 16.1. The smallest absolute Gasteiger partial charge is 0.356 e. The van der Waals surface area contributed by atoms with Gasteiger partial charge in [0.2, 0.25) is 5.91 Å². The van der Waals surface area contributed by atoms with Crippen molar-refractivity contribution >= 4 is 17.5 Å². The van der Waals surface area contributed by atoms with Crippen molar-refractivity contribution in [3.63, 3.8) is 0 Å². The number of hydrogen-bond acceptors (Lipinski definition) is 4. The highest BCUT2D eigenvalue weighted by atomic mass is 19.4. The Balaban J connectivity index is 1.55. The van der Waals surface area contributed by atoms with Gasteiger partial charge in [0, 0.05) is 23.4 Å². The van der Waals surface area contributed by atoms with Crippen LogP contribution in [0.1, 0.15) is 40.5 Å². The minimum atomic E-state index is -4.71. The molecule has 2 N–H and O–H groups in total. The number of rotatable bonds is 2. The molecule has 4 rings (SSSR count). The Kier molecular flexibility index (Phi) is 4.95. The maximum Gasteiger partial charge on any atom is 0.421 e. The van der Waals surface area contributed by atoms with E-state index in [4.69, 9.17) is 4.74 Å². The van der Waals surface area contributed by atoms with Crippen molar-refractivity contribution in [3.05, 3.63) is 58.4 Å². The van der Waals surface area contributed by atoms with E-state index in [1.54, 1.807) is 0 Å². The number of ether oxygens (including phenoxy) is 1. The van der Waals surface area contributed by atoms with Crippen LogP contribution in [0.2, 0.25) is 0 Å². The second-order valence-corrected chi connectivity index (χ2v) is 7.52. The van der Waals surface area contributed by atoms with E-state index in [-0.39, 0.29) is 47.5 Å². The minimum absolute atomic E-state index is 0.0295. The first kappa shape index (κ1) is 21.2. The van der Waals surface area contributed by atoms with Gasteiger partial charge >= 0.3 is 6.18 Å². The summed E-state index contributed by atoms with van der Waals surface area (Å²) in [4.78, 5) is 28.9. The second-order valence-electron chi connectivity index (χ2n) is 7.52. The van der Waals surface area contributed by atoms with E-state index in [1.165, 1.54) is 0 Å². The summed E-state index contributed by atoms with van der Waals surface area (Å²) in [5.74, 6) is -3.36. The Bertz CT molecular complexity index is 1090. The van der Waals surface area contributed by atoms with Crippen LogP contribution in [0.15, 0.2) is 24.4 Å². The summed E-state index contributed by atoms with van der Waals surface area (Å²) in [7, 11) is 0. The molecular formula is C20H16F5N3O3. The summed E-state index contributed by atoms with van der Waals surface area (Å²) >= 11 is 0. The Labute approximate surface area is 172 Å². The molecule has 2 aromatic rings. The molecule has 3 heterocycles. The molecule has 1 aromatic carbocycles. The Morgan fingerprint density at radius 1 is 1.26 bits per heavy atom. The van der Waals surface area contributed by atoms with Gasteiger partial charge in [0.25, 0.3) is 5.91 Å². The summed E-state index contributed by atoms with van der Waals surface area (Å²) in [6.45, 7) is 0.565. The van der Waals surface area contributed by atoms with Gasteiger partial charge in [-0.05, 0) is 37.5 Å². The van der Waals surface area contributed by atoms with Gasteiger partial charge < -0.3 is 15.4 Å². The van der Waals surface area contributed by atoms with E-state index in [1.807, 2.05) is 0 Å². The lowest BCUT2D eigenvalue weighted by Crippen LogP contribution is -2.43. The number of nitrogens with one attached hydrogen (secondary N) is 2. The molecule has 0 radical (unpaired) electrons. The SMILES string of the molecule is C[C@]1(C(F)(F)F)OCc2cnc(C(=O)N[C@H]3CCc4cc(F)cc(F)c4NC3=O)cc21. The normalized spacial score (nSPS) is 22.9. The number of carbonyl (C=O) groups excluding carboxylic acids is 2. The van der Waals surface area contributed by atoms with Gasteiger partial charge in [0.1, 0.15) is 23.4 Å². The third-order valence-electron chi connectivity index (χ3n) is 5.50. The van der Waals surface area contributed by atoms with E-state index >= 15 is 0 Å². The van der Waals surface area contributed by atoms with Gasteiger partial charge in [0.15, 0.2) is 5.60 Å². The van der Waals surface area contributed by atoms with Crippen LogP contribution in [-0.4, -0.2) is 29.0 Å². The number of pyridine rings is 1. The minimum Gasteiger partial charge on any atom is -0.356 e. The molecule has 0 fully saturated rings. The van der Waals surface area contributed by atoms with Crippen molar-refractivity contribution in [2.75, 3.05) is 5.32 Å². The van der Waals surface area contributed by atoms with Crippen LogP contribution in [0.5, 0.6) is 0 Å². The standard InChI is InChI=1S/C20H16F5N3O3/c1-19(20(23,24)25)12-6-15(26-7-10(12)8-31-19)18(30)27-14-3-2-9-4-11(21)5-13(22)16(9)28-17(14)29/h4-7,14H,2-3,8H2,1H3,(H,27,30)(H,28,29)/t14-,19-/m0/s1. The van der Waals surface area contributed by atoms with Crippen LogP contribution in [0.3, 0.4) is 0 Å². The molecule has 0 saturated carbocycles. The molecule has 0 spiro atoms. The van der Waals surface area contributed by atoms with Crippen LogP contribution in [-0.2, 0) is 28.2 Å². The number of alkyl halides is 3.